The smallest absolute Gasteiger partial charge is 0.263 e. The van der Waals surface area contributed by atoms with E-state index in [1.165, 1.54) is 4.57 Å². The van der Waals surface area contributed by atoms with Crippen LogP contribution in [0.4, 0.5) is 0 Å². The number of aryl methyl sites for hydroxylation is 4. The Morgan fingerprint density at radius 3 is 2.63 bits per heavy atom. The lowest BCUT2D eigenvalue weighted by atomic mass is 10.1. The molecule has 0 saturated carbocycles. The zero-order chi connectivity index (χ0) is 19.7. The maximum Gasteiger partial charge on any atom is 0.263 e. The molecule has 3 heterocycles. The third-order valence-electron chi connectivity index (χ3n) is 4.76. The van der Waals surface area contributed by atoms with Gasteiger partial charge in [0.25, 0.3) is 11.5 Å². The summed E-state index contributed by atoms with van der Waals surface area (Å²) in [7, 11) is 1.68. The second kappa shape index (κ2) is 7.78. The lowest BCUT2D eigenvalue weighted by Crippen LogP contribution is -2.36. The maximum atomic E-state index is 13.0. The number of thiazole rings is 1. The Labute approximate surface area is 166 Å². The summed E-state index contributed by atoms with van der Waals surface area (Å²) in [4.78, 5) is 31.4. The summed E-state index contributed by atoms with van der Waals surface area (Å²) >= 11 is 3.22. The molecule has 0 aliphatic heterocycles. The lowest BCUT2D eigenvalue weighted by Gasteiger charge is -2.17. The molecule has 7 heteroatoms. The molecule has 5 nitrogen and oxygen atoms in total. The van der Waals surface area contributed by atoms with Gasteiger partial charge >= 0.3 is 0 Å². The van der Waals surface area contributed by atoms with Crippen molar-refractivity contribution in [2.75, 3.05) is 0 Å². The van der Waals surface area contributed by atoms with E-state index in [0.717, 1.165) is 26.8 Å². The van der Waals surface area contributed by atoms with Crippen LogP contribution < -0.4 is 10.9 Å². The van der Waals surface area contributed by atoms with Crippen LogP contribution in [0.2, 0.25) is 0 Å². The standard InChI is InChI=1S/C20H23N3O2S2/c1-11-8-12(2)23(5)20(25)17(11)18(24)22-16(9-15-6-7-26-10-15)19-21-13(3)14(4)27-19/h6-8,10,16H,9H2,1-5H3,(H,22,24)/t16-/m1/s1. The van der Waals surface area contributed by atoms with E-state index >= 15 is 0 Å². The first kappa shape index (κ1) is 19.5. The molecule has 0 radical (unpaired) electrons. The Morgan fingerprint density at radius 1 is 1.30 bits per heavy atom. The van der Waals surface area contributed by atoms with Gasteiger partial charge in [-0.15, -0.1) is 11.3 Å². The van der Waals surface area contributed by atoms with Crippen molar-refractivity contribution in [1.82, 2.24) is 14.9 Å². The number of pyridine rings is 1. The summed E-state index contributed by atoms with van der Waals surface area (Å²) in [5.74, 6) is -0.348. The number of hydrogen-bond acceptors (Lipinski definition) is 5. The second-order valence-electron chi connectivity index (χ2n) is 6.76. The molecule has 1 amide bonds. The summed E-state index contributed by atoms with van der Waals surface area (Å²) in [5.41, 5.74) is 3.56. The monoisotopic (exact) mass is 401 g/mol. The molecule has 1 atom stereocenters. The average Bonchev–Trinajstić information content (AvgIpc) is 3.22. The average molecular weight is 402 g/mol. The number of nitrogens with zero attached hydrogens (tertiary/aromatic N) is 2. The van der Waals surface area contributed by atoms with E-state index in [1.807, 2.05) is 38.3 Å². The molecule has 3 aromatic rings. The third kappa shape index (κ3) is 4.04. The van der Waals surface area contributed by atoms with Gasteiger partial charge in [0.05, 0.1) is 11.7 Å². The molecule has 0 aliphatic rings. The second-order valence-corrected chi connectivity index (χ2v) is 8.78. The predicted octanol–water partition coefficient (Wildman–Crippen LogP) is 3.85. The molecule has 0 fully saturated rings. The number of aromatic nitrogens is 2. The van der Waals surface area contributed by atoms with Gasteiger partial charge in [-0.2, -0.15) is 11.3 Å². The van der Waals surface area contributed by atoms with Gasteiger partial charge in [-0.3, -0.25) is 9.59 Å². The van der Waals surface area contributed by atoms with E-state index in [4.69, 9.17) is 0 Å². The van der Waals surface area contributed by atoms with Gasteiger partial charge in [-0.25, -0.2) is 4.98 Å². The highest BCUT2D eigenvalue weighted by atomic mass is 32.1. The summed E-state index contributed by atoms with van der Waals surface area (Å²) < 4.78 is 1.51. The molecule has 1 N–H and O–H groups in total. The molecule has 142 valence electrons. The Balaban J connectivity index is 1.96. The number of thiophene rings is 1. The summed E-state index contributed by atoms with van der Waals surface area (Å²) in [6.07, 6.45) is 0.646. The molecular weight excluding hydrogens is 378 g/mol. The maximum absolute atomic E-state index is 13.0. The first-order valence-corrected chi connectivity index (χ1v) is 10.5. The number of nitrogens with one attached hydrogen (secondary N) is 1. The number of rotatable bonds is 5. The fraction of sp³-hybridized carbons (Fsp3) is 0.350. The van der Waals surface area contributed by atoms with E-state index in [9.17, 15) is 9.59 Å². The van der Waals surface area contributed by atoms with Crippen molar-refractivity contribution in [3.05, 3.63) is 71.2 Å². The van der Waals surface area contributed by atoms with Gasteiger partial charge in [0.15, 0.2) is 0 Å². The molecule has 0 aliphatic carbocycles. The molecule has 0 saturated heterocycles. The van der Waals surface area contributed by atoms with Gasteiger partial charge < -0.3 is 9.88 Å². The highest BCUT2D eigenvalue weighted by Gasteiger charge is 2.23. The molecular formula is C20H23N3O2S2. The van der Waals surface area contributed by atoms with Crippen LogP contribution in [-0.2, 0) is 13.5 Å². The first-order chi connectivity index (χ1) is 12.8. The fourth-order valence-corrected chi connectivity index (χ4v) is 4.63. The summed E-state index contributed by atoms with van der Waals surface area (Å²) in [6.45, 7) is 7.66. The number of amides is 1. The SMILES string of the molecule is Cc1cc(C)n(C)c(=O)c1C(=O)N[C@H](Cc1ccsc1)c1nc(C)c(C)s1. The van der Waals surface area contributed by atoms with E-state index < -0.39 is 0 Å². The number of carbonyl (C=O) groups excluding carboxylic acids is 1. The van der Waals surface area contributed by atoms with E-state index in [2.05, 4.69) is 15.7 Å². The van der Waals surface area contributed by atoms with Gasteiger partial charge in [-0.1, -0.05) is 0 Å². The number of carbonyl (C=O) groups is 1. The van der Waals surface area contributed by atoms with Crippen LogP contribution in [-0.4, -0.2) is 15.5 Å². The van der Waals surface area contributed by atoms with Crippen LogP contribution in [0, 0.1) is 27.7 Å². The van der Waals surface area contributed by atoms with Crippen LogP contribution in [0.5, 0.6) is 0 Å². The molecule has 0 spiro atoms. The van der Waals surface area contributed by atoms with Crippen LogP contribution in [0.1, 0.15) is 48.8 Å². The van der Waals surface area contributed by atoms with Crippen LogP contribution in [0.3, 0.4) is 0 Å². The van der Waals surface area contributed by atoms with Crippen LogP contribution in [0.15, 0.2) is 27.7 Å². The Hall–Kier alpha value is -2.25. The number of hydrogen-bond donors (Lipinski definition) is 1. The van der Waals surface area contributed by atoms with Crippen molar-refractivity contribution in [2.45, 2.75) is 40.2 Å². The quantitative estimate of drug-likeness (QED) is 0.706. The van der Waals surface area contributed by atoms with Crippen molar-refractivity contribution in [2.24, 2.45) is 7.05 Å². The van der Waals surface area contributed by atoms with E-state index in [-0.39, 0.29) is 23.1 Å². The Kier molecular flexibility index (Phi) is 5.62. The van der Waals surface area contributed by atoms with Gasteiger partial charge in [0.1, 0.15) is 10.6 Å². The minimum absolute atomic E-state index is 0.198. The third-order valence-corrected chi connectivity index (χ3v) is 6.68. The summed E-state index contributed by atoms with van der Waals surface area (Å²) in [6, 6.07) is 3.64. The highest BCUT2D eigenvalue weighted by Crippen LogP contribution is 2.26. The van der Waals surface area contributed by atoms with Crippen molar-refractivity contribution in [3.63, 3.8) is 0 Å². The molecule has 0 unspecified atom stereocenters. The van der Waals surface area contributed by atoms with Crippen LogP contribution in [0.25, 0.3) is 0 Å². The molecule has 0 bridgehead atoms. The van der Waals surface area contributed by atoms with E-state index in [1.54, 1.807) is 36.6 Å². The highest BCUT2D eigenvalue weighted by molar-refractivity contribution is 7.11. The Bertz CT molecular complexity index is 1010. The van der Waals surface area contributed by atoms with Crippen molar-refractivity contribution in [3.8, 4) is 0 Å². The van der Waals surface area contributed by atoms with Gasteiger partial charge in [0, 0.05) is 24.0 Å². The fourth-order valence-electron chi connectivity index (χ4n) is 2.98. The normalized spacial score (nSPS) is 12.2. The van der Waals surface area contributed by atoms with Crippen molar-refractivity contribution >= 4 is 28.6 Å². The van der Waals surface area contributed by atoms with E-state index in [0.29, 0.717) is 12.0 Å². The molecule has 27 heavy (non-hydrogen) atoms. The molecule has 3 rings (SSSR count). The minimum Gasteiger partial charge on any atom is -0.342 e. The largest absolute Gasteiger partial charge is 0.342 e. The Morgan fingerprint density at radius 2 is 2.04 bits per heavy atom. The van der Waals surface area contributed by atoms with Crippen LogP contribution >= 0.6 is 22.7 Å². The van der Waals surface area contributed by atoms with Crippen molar-refractivity contribution < 1.29 is 4.79 Å². The van der Waals surface area contributed by atoms with Crippen molar-refractivity contribution in [1.29, 1.82) is 0 Å². The predicted molar refractivity (Wildman–Crippen MR) is 111 cm³/mol. The molecule has 3 aromatic heterocycles. The minimum atomic E-state index is -0.348. The summed E-state index contributed by atoms with van der Waals surface area (Å²) in [5, 5.41) is 8.02. The zero-order valence-corrected chi connectivity index (χ0v) is 17.8. The molecule has 0 aromatic carbocycles. The topological polar surface area (TPSA) is 64.0 Å². The van der Waals surface area contributed by atoms with Gasteiger partial charge in [-0.05, 0) is 61.7 Å². The lowest BCUT2D eigenvalue weighted by molar-refractivity contribution is 0.0933. The first-order valence-electron chi connectivity index (χ1n) is 8.71. The van der Waals surface area contributed by atoms with Gasteiger partial charge in [0.2, 0.25) is 0 Å². The zero-order valence-electron chi connectivity index (χ0n) is 16.1.